The van der Waals surface area contributed by atoms with Crippen molar-refractivity contribution in [2.75, 3.05) is 12.8 Å². The molecule has 0 aromatic heterocycles. The molecule has 1 atom stereocenters. The van der Waals surface area contributed by atoms with Crippen LogP contribution in [0.15, 0.2) is 0 Å². The summed E-state index contributed by atoms with van der Waals surface area (Å²) < 4.78 is 4.81. The van der Waals surface area contributed by atoms with Crippen LogP contribution >= 0.6 is 8.38 Å². The van der Waals surface area contributed by atoms with E-state index in [1.54, 1.807) is 0 Å². The molecule has 0 fully saturated rings. The molecule has 0 aliphatic carbocycles. The van der Waals surface area contributed by atoms with Crippen LogP contribution in [-0.2, 0) is 4.52 Å². The first kappa shape index (κ1) is 7.35. The summed E-state index contributed by atoms with van der Waals surface area (Å²) in [4.78, 5) is 8.70. The third kappa shape index (κ3) is 4.20. The smallest absolute Gasteiger partial charge is 0.167 e. The van der Waals surface area contributed by atoms with Gasteiger partial charge in [0, 0.05) is 6.16 Å². The molecular formula is C4H11O2P. The van der Waals surface area contributed by atoms with Crippen LogP contribution in [0.3, 0.4) is 0 Å². The Morgan fingerprint density at radius 1 is 1.57 bits per heavy atom. The lowest BCUT2D eigenvalue weighted by Gasteiger charge is -2.03. The van der Waals surface area contributed by atoms with Crippen LogP contribution < -0.4 is 0 Å². The van der Waals surface area contributed by atoms with Crippen molar-refractivity contribution in [1.82, 2.24) is 0 Å². The second kappa shape index (κ2) is 4.51. The van der Waals surface area contributed by atoms with E-state index in [0.29, 0.717) is 6.61 Å². The zero-order valence-corrected chi connectivity index (χ0v) is 5.61. The fourth-order valence-corrected chi connectivity index (χ4v) is 0.721. The molecule has 0 rings (SSSR count). The maximum absolute atomic E-state index is 8.70. The molecule has 0 radical (unpaired) electrons. The Bertz CT molecular complexity index is 40.7. The average molecular weight is 122 g/mol. The van der Waals surface area contributed by atoms with Gasteiger partial charge in [-0.05, 0) is 6.92 Å². The maximum Gasteiger partial charge on any atom is 0.167 e. The van der Waals surface area contributed by atoms with Gasteiger partial charge in [0.1, 0.15) is 0 Å². The van der Waals surface area contributed by atoms with Crippen molar-refractivity contribution in [2.24, 2.45) is 0 Å². The molecule has 1 N–H and O–H groups in total. The summed E-state index contributed by atoms with van der Waals surface area (Å²) in [5, 5.41) is 0. The van der Waals surface area contributed by atoms with Crippen molar-refractivity contribution in [2.45, 2.75) is 13.8 Å². The lowest BCUT2D eigenvalue weighted by Crippen LogP contribution is -1.83. The van der Waals surface area contributed by atoms with Gasteiger partial charge in [0.2, 0.25) is 0 Å². The summed E-state index contributed by atoms with van der Waals surface area (Å²) >= 11 is 0. The number of hydrogen-bond acceptors (Lipinski definition) is 2. The normalized spacial score (nSPS) is 14.1. The largest absolute Gasteiger partial charge is 0.350 e. The van der Waals surface area contributed by atoms with Gasteiger partial charge in [-0.3, -0.25) is 0 Å². The van der Waals surface area contributed by atoms with E-state index in [2.05, 4.69) is 0 Å². The lowest BCUT2D eigenvalue weighted by atomic mass is 10.9. The molecule has 0 spiro atoms. The minimum Gasteiger partial charge on any atom is -0.350 e. The summed E-state index contributed by atoms with van der Waals surface area (Å²) in [7, 11) is -1.08. The van der Waals surface area contributed by atoms with Crippen LogP contribution in [-0.4, -0.2) is 17.7 Å². The van der Waals surface area contributed by atoms with Crippen LogP contribution in [0.4, 0.5) is 0 Å². The molecule has 44 valence electrons. The summed E-state index contributed by atoms with van der Waals surface area (Å²) in [6.45, 7) is 4.40. The summed E-state index contributed by atoms with van der Waals surface area (Å²) in [6.07, 6.45) is 0.739. The lowest BCUT2D eigenvalue weighted by molar-refractivity contribution is 0.330. The van der Waals surface area contributed by atoms with Crippen molar-refractivity contribution in [1.29, 1.82) is 0 Å². The summed E-state index contributed by atoms with van der Waals surface area (Å²) in [5.74, 6) is 0. The van der Waals surface area contributed by atoms with Gasteiger partial charge < -0.3 is 9.42 Å². The molecule has 0 aromatic carbocycles. The first-order valence-corrected chi connectivity index (χ1v) is 3.80. The SMILES string of the molecule is CCOP(O)CC. The van der Waals surface area contributed by atoms with E-state index in [9.17, 15) is 0 Å². The Hall–Kier alpha value is 0.350. The van der Waals surface area contributed by atoms with Crippen LogP contribution in [0.2, 0.25) is 0 Å². The van der Waals surface area contributed by atoms with Gasteiger partial charge in [0.25, 0.3) is 0 Å². The molecule has 0 saturated heterocycles. The molecule has 2 nitrogen and oxygen atoms in total. The van der Waals surface area contributed by atoms with Gasteiger partial charge in [0.05, 0.1) is 6.61 Å². The van der Waals surface area contributed by atoms with Crippen molar-refractivity contribution in [3.05, 3.63) is 0 Å². The fraction of sp³-hybridized carbons (Fsp3) is 1.00. The van der Waals surface area contributed by atoms with Gasteiger partial charge in [-0.15, -0.1) is 0 Å². The van der Waals surface area contributed by atoms with Gasteiger partial charge in [-0.2, -0.15) is 0 Å². The standard InChI is InChI=1S/C4H11O2P/c1-3-6-7(5)4-2/h5H,3-4H2,1-2H3. The Morgan fingerprint density at radius 2 is 2.14 bits per heavy atom. The Kier molecular flexibility index (Phi) is 4.73. The third-order valence-corrected chi connectivity index (χ3v) is 1.65. The van der Waals surface area contributed by atoms with Crippen LogP contribution in [0.1, 0.15) is 13.8 Å². The van der Waals surface area contributed by atoms with E-state index in [-0.39, 0.29) is 0 Å². The van der Waals surface area contributed by atoms with Crippen molar-refractivity contribution >= 4 is 8.38 Å². The predicted octanol–water partition coefficient (Wildman–Crippen LogP) is 1.35. The number of rotatable bonds is 3. The summed E-state index contributed by atoms with van der Waals surface area (Å²) in [5.41, 5.74) is 0. The molecule has 0 aliphatic heterocycles. The van der Waals surface area contributed by atoms with Crippen LogP contribution in [0, 0.1) is 0 Å². The first-order chi connectivity index (χ1) is 3.31. The van der Waals surface area contributed by atoms with Gasteiger partial charge in [-0.25, -0.2) is 0 Å². The Labute approximate surface area is 45.4 Å². The maximum atomic E-state index is 8.70. The zero-order valence-electron chi connectivity index (χ0n) is 4.72. The van der Waals surface area contributed by atoms with Crippen LogP contribution in [0.25, 0.3) is 0 Å². The quantitative estimate of drug-likeness (QED) is 0.572. The Morgan fingerprint density at radius 3 is 2.29 bits per heavy atom. The molecular weight excluding hydrogens is 111 g/mol. The molecule has 0 heterocycles. The van der Waals surface area contributed by atoms with Crippen LogP contribution in [0.5, 0.6) is 0 Å². The van der Waals surface area contributed by atoms with E-state index in [4.69, 9.17) is 9.42 Å². The monoisotopic (exact) mass is 122 g/mol. The zero-order chi connectivity index (χ0) is 5.70. The average Bonchev–Trinajstić information content (AvgIpc) is 1.68. The molecule has 0 aromatic rings. The molecule has 0 amide bonds. The molecule has 0 bridgehead atoms. The van der Waals surface area contributed by atoms with Gasteiger partial charge in [-0.1, -0.05) is 6.92 Å². The highest BCUT2D eigenvalue weighted by Crippen LogP contribution is 2.29. The highest BCUT2D eigenvalue weighted by atomic mass is 31.2. The predicted molar refractivity (Wildman–Crippen MR) is 31.3 cm³/mol. The second-order valence-electron chi connectivity index (χ2n) is 1.09. The molecule has 0 saturated carbocycles. The number of hydrogen-bond donors (Lipinski definition) is 1. The van der Waals surface area contributed by atoms with E-state index < -0.39 is 8.38 Å². The summed E-state index contributed by atoms with van der Waals surface area (Å²) in [6, 6.07) is 0. The first-order valence-electron chi connectivity index (χ1n) is 2.40. The minimum atomic E-state index is -1.08. The van der Waals surface area contributed by atoms with E-state index in [0.717, 1.165) is 6.16 Å². The van der Waals surface area contributed by atoms with Gasteiger partial charge in [0.15, 0.2) is 8.38 Å². The van der Waals surface area contributed by atoms with Crippen molar-refractivity contribution in [3.8, 4) is 0 Å². The topological polar surface area (TPSA) is 29.5 Å². The molecule has 0 aliphatic rings. The third-order valence-electron chi connectivity index (χ3n) is 0.549. The van der Waals surface area contributed by atoms with Gasteiger partial charge >= 0.3 is 0 Å². The van der Waals surface area contributed by atoms with E-state index >= 15 is 0 Å². The fourth-order valence-electron chi connectivity index (χ4n) is 0.240. The second-order valence-corrected chi connectivity index (χ2v) is 2.68. The molecule has 3 heteroatoms. The minimum absolute atomic E-state index is 0.621. The highest BCUT2D eigenvalue weighted by molar-refractivity contribution is 7.46. The molecule has 1 unspecified atom stereocenters. The van der Waals surface area contributed by atoms with E-state index in [1.165, 1.54) is 0 Å². The van der Waals surface area contributed by atoms with Crippen molar-refractivity contribution in [3.63, 3.8) is 0 Å². The van der Waals surface area contributed by atoms with E-state index in [1.807, 2.05) is 13.8 Å². The van der Waals surface area contributed by atoms with Crippen molar-refractivity contribution < 1.29 is 9.42 Å². The Balaban J connectivity index is 2.83. The highest BCUT2D eigenvalue weighted by Gasteiger charge is 1.95. The molecule has 7 heavy (non-hydrogen) atoms.